The highest BCUT2D eigenvalue weighted by Gasteiger charge is 2.38. The van der Waals surface area contributed by atoms with Gasteiger partial charge >= 0.3 is 0 Å². The summed E-state index contributed by atoms with van der Waals surface area (Å²) in [6, 6.07) is 7.41. The van der Waals surface area contributed by atoms with Gasteiger partial charge in [-0.1, -0.05) is 39.8 Å². The van der Waals surface area contributed by atoms with Gasteiger partial charge in [-0.15, -0.1) is 0 Å². The summed E-state index contributed by atoms with van der Waals surface area (Å²) in [5.74, 6) is 1.12. The van der Waals surface area contributed by atoms with E-state index in [1.54, 1.807) is 0 Å². The third kappa shape index (κ3) is 3.03. The standard InChI is InChI=1S/C16H23N3.2C2H6/c1-10-11(2)19-12(3)17-14-9-7-8-13(15(14)19)16(4,5)18(10)6;2*1-2/h7-11H,1-6H3;2*1-2H3. The van der Waals surface area contributed by atoms with E-state index in [0.717, 1.165) is 11.3 Å². The molecule has 0 N–H and O–H groups in total. The van der Waals surface area contributed by atoms with Gasteiger partial charge in [0.15, 0.2) is 0 Å². The Kier molecular flexibility index (Phi) is 6.41. The first-order valence-corrected chi connectivity index (χ1v) is 9.06. The molecular formula is C20H35N3. The fourth-order valence-corrected chi connectivity index (χ4v) is 3.50. The molecule has 0 saturated carbocycles. The van der Waals surface area contributed by atoms with Gasteiger partial charge in [0.25, 0.3) is 0 Å². The molecule has 1 aromatic carbocycles. The van der Waals surface area contributed by atoms with Gasteiger partial charge in [-0.3, -0.25) is 4.90 Å². The minimum absolute atomic E-state index is 0.0217. The van der Waals surface area contributed by atoms with Crippen molar-refractivity contribution in [2.24, 2.45) is 0 Å². The van der Waals surface area contributed by atoms with E-state index in [1.165, 1.54) is 11.1 Å². The van der Waals surface area contributed by atoms with Crippen molar-refractivity contribution in [3.8, 4) is 0 Å². The van der Waals surface area contributed by atoms with Crippen molar-refractivity contribution in [2.75, 3.05) is 7.05 Å². The van der Waals surface area contributed by atoms with Crippen LogP contribution >= 0.6 is 0 Å². The van der Waals surface area contributed by atoms with Crippen LogP contribution in [0.5, 0.6) is 0 Å². The second-order valence-corrected chi connectivity index (χ2v) is 6.35. The molecule has 0 saturated heterocycles. The molecule has 23 heavy (non-hydrogen) atoms. The first-order chi connectivity index (χ1) is 10.9. The Labute approximate surface area is 142 Å². The molecule has 0 bridgehead atoms. The van der Waals surface area contributed by atoms with Gasteiger partial charge in [-0.2, -0.15) is 0 Å². The van der Waals surface area contributed by atoms with E-state index < -0.39 is 0 Å². The normalized spacial score (nSPS) is 22.5. The van der Waals surface area contributed by atoms with E-state index >= 15 is 0 Å². The Morgan fingerprint density at radius 1 is 1.00 bits per heavy atom. The summed E-state index contributed by atoms with van der Waals surface area (Å²) in [6.07, 6.45) is 0. The lowest BCUT2D eigenvalue weighted by atomic mass is 9.91. The third-order valence-corrected chi connectivity index (χ3v) is 5.14. The molecule has 3 nitrogen and oxygen atoms in total. The molecule has 2 unspecified atom stereocenters. The van der Waals surface area contributed by atoms with Crippen LogP contribution in [0.25, 0.3) is 11.0 Å². The van der Waals surface area contributed by atoms with E-state index in [1.807, 2.05) is 27.7 Å². The summed E-state index contributed by atoms with van der Waals surface area (Å²) in [7, 11) is 2.23. The number of imidazole rings is 1. The zero-order valence-electron chi connectivity index (χ0n) is 16.7. The maximum atomic E-state index is 4.75. The first kappa shape index (κ1) is 19.7. The summed E-state index contributed by atoms with van der Waals surface area (Å²) in [5.41, 5.74) is 3.84. The predicted octanol–water partition coefficient (Wildman–Crippen LogP) is 5.53. The van der Waals surface area contributed by atoms with Crippen molar-refractivity contribution >= 4 is 11.0 Å². The molecule has 2 heterocycles. The fourth-order valence-electron chi connectivity index (χ4n) is 3.50. The number of nitrogens with zero attached hydrogens (tertiary/aromatic N) is 3. The zero-order chi connectivity index (χ0) is 17.9. The topological polar surface area (TPSA) is 21.1 Å². The van der Waals surface area contributed by atoms with Gasteiger partial charge < -0.3 is 4.57 Å². The quantitative estimate of drug-likeness (QED) is 0.637. The second-order valence-electron chi connectivity index (χ2n) is 6.35. The molecule has 3 rings (SSSR count). The summed E-state index contributed by atoms with van der Waals surface area (Å²) in [4.78, 5) is 7.23. The van der Waals surface area contributed by atoms with Crippen LogP contribution in [0, 0.1) is 6.92 Å². The number of benzene rings is 1. The second kappa shape index (κ2) is 7.48. The number of rotatable bonds is 0. The molecule has 0 spiro atoms. The van der Waals surface area contributed by atoms with Crippen LogP contribution in [0.2, 0.25) is 0 Å². The Hall–Kier alpha value is -1.35. The lowest BCUT2D eigenvalue weighted by Gasteiger charge is -2.40. The molecular weight excluding hydrogens is 282 g/mol. The maximum absolute atomic E-state index is 4.75. The van der Waals surface area contributed by atoms with Crippen LogP contribution in [0.15, 0.2) is 18.2 Å². The Bertz CT molecular complexity index is 640. The third-order valence-electron chi connectivity index (χ3n) is 5.14. The van der Waals surface area contributed by atoms with Crippen molar-refractivity contribution in [3.05, 3.63) is 29.6 Å². The van der Waals surface area contributed by atoms with Gasteiger partial charge in [0, 0.05) is 17.6 Å². The first-order valence-electron chi connectivity index (χ1n) is 9.06. The predicted molar refractivity (Wildman–Crippen MR) is 102 cm³/mol. The lowest BCUT2D eigenvalue weighted by Crippen LogP contribution is -2.45. The van der Waals surface area contributed by atoms with Gasteiger partial charge in [0.1, 0.15) is 5.82 Å². The van der Waals surface area contributed by atoms with Crippen molar-refractivity contribution < 1.29 is 0 Å². The number of aryl methyl sites for hydroxylation is 1. The Morgan fingerprint density at radius 3 is 2.13 bits per heavy atom. The summed E-state index contributed by atoms with van der Waals surface area (Å²) >= 11 is 0. The monoisotopic (exact) mass is 317 g/mol. The van der Waals surface area contributed by atoms with Crippen molar-refractivity contribution in [1.82, 2.24) is 14.5 Å². The average Bonchev–Trinajstić information content (AvgIpc) is 2.89. The van der Waals surface area contributed by atoms with Crippen molar-refractivity contribution in [2.45, 2.75) is 79.9 Å². The SMILES string of the molecule is CC.CC.Cc1nc2cccc3c2n1C(C)C(C)N(C)C3(C)C. The van der Waals surface area contributed by atoms with Crippen molar-refractivity contribution in [1.29, 1.82) is 0 Å². The van der Waals surface area contributed by atoms with E-state index in [4.69, 9.17) is 4.98 Å². The smallest absolute Gasteiger partial charge is 0.107 e. The minimum atomic E-state index is 0.0217. The summed E-state index contributed by atoms with van der Waals surface area (Å²) in [6.45, 7) is 19.3. The molecule has 2 atom stereocenters. The van der Waals surface area contributed by atoms with E-state index in [2.05, 4.69) is 69.3 Å². The van der Waals surface area contributed by atoms with Gasteiger partial charge in [-0.25, -0.2) is 4.98 Å². The van der Waals surface area contributed by atoms with Gasteiger partial charge in [0.05, 0.1) is 11.0 Å². The number of hydrogen-bond donors (Lipinski definition) is 0. The molecule has 0 radical (unpaired) electrons. The number of aromatic nitrogens is 2. The van der Waals surface area contributed by atoms with E-state index in [0.29, 0.717) is 12.1 Å². The highest BCUT2D eigenvalue weighted by Crippen LogP contribution is 2.40. The average molecular weight is 318 g/mol. The van der Waals surface area contributed by atoms with Gasteiger partial charge in [0.2, 0.25) is 0 Å². The molecule has 1 aromatic heterocycles. The largest absolute Gasteiger partial charge is 0.324 e. The minimum Gasteiger partial charge on any atom is -0.324 e. The van der Waals surface area contributed by atoms with Crippen LogP contribution < -0.4 is 0 Å². The van der Waals surface area contributed by atoms with Gasteiger partial charge in [-0.05, 0) is 53.3 Å². The molecule has 0 fully saturated rings. The zero-order valence-corrected chi connectivity index (χ0v) is 16.7. The van der Waals surface area contributed by atoms with Crippen LogP contribution in [-0.4, -0.2) is 27.5 Å². The number of hydrogen-bond acceptors (Lipinski definition) is 2. The lowest BCUT2D eigenvalue weighted by molar-refractivity contribution is 0.0897. The molecule has 130 valence electrons. The molecule has 1 aliphatic heterocycles. The van der Waals surface area contributed by atoms with E-state index in [9.17, 15) is 0 Å². The molecule has 0 amide bonds. The highest BCUT2D eigenvalue weighted by molar-refractivity contribution is 5.81. The molecule has 3 heteroatoms. The Morgan fingerprint density at radius 2 is 1.57 bits per heavy atom. The number of para-hydroxylation sites is 1. The number of likely N-dealkylation sites (N-methyl/N-ethyl adjacent to an activating group) is 1. The van der Waals surface area contributed by atoms with Crippen LogP contribution in [0.3, 0.4) is 0 Å². The molecule has 0 aliphatic carbocycles. The molecule has 2 aromatic rings. The van der Waals surface area contributed by atoms with Crippen LogP contribution in [0.1, 0.15) is 72.8 Å². The van der Waals surface area contributed by atoms with Crippen LogP contribution in [0.4, 0.5) is 0 Å². The maximum Gasteiger partial charge on any atom is 0.107 e. The highest BCUT2D eigenvalue weighted by atomic mass is 15.3. The van der Waals surface area contributed by atoms with Crippen molar-refractivity contribution in [3.63, 3.8) is 0 Å². The van der Waals surface area contributed by atoms with Crippen LogP contribution in [-0.2, 0) is 5.54 Å². The molecule has 1 aliphatic rings. The Balaban J connectivity index is 0.000000615. The fraction of sp³-hybridized carbons (Fsp3) is 0.650. The summed E-state index contributed by atoms with van der Waals surface area (Å²) in [5, 5.41) is 0. The van der Waals surface area contributed by atoms with E-state index in [-0.39, 0.29) is 5.54 Å². The summed E-state index contributed by atoms with van der Waals surface area (Å²) < 4.78 is 2.42.